The normalized spacial score (nSPS) is 19.9. The van der Waals surface area contributed by atoms with E-state index >= 15 is 0 Å². The summed E-state index contributed by atoms with van der Waals surface area (Å²) in [4.78, 5) is 36.4. The fourth-order valence-corrected chi connectivity index (χ4v) is 5.29. The lowest BCUT2D eigenvalue weighted by Gasteiger charge is -2.16. The highest BCUT2D eigenvalue weighted by Crippen LogP contribution is 2.42. The second-order valence-electron chi connectivity index (χ2n) is 9.74. The molecule has 1 fully saturated rings. The van der Waals surface area contributed by atoms with Gasteiger partial charge in [0.2, 0.25) is 11.9 Å². The number of aliphatic hydroxyl groups excluding tert-OH is 2. The molecule has 11 heteroatoms. The van der Waals surface area contributed by atoms with E-state index < -0.39 is 24.0 Å². The van der Waals surface area contributed by atoms with Gasteiger partial charge in [0.05, 0.1) is 30.4 Å². The number of imidazole rings is 1. The van der Waals surface area contributed by atoms with Crippen LogP contribution in [0.3, 0.4) is 0 Å². The number of fused-ring (bicyclic) bond motifs is 4. The Morgan fingerprint density at radius 2 is 2.03 bits per heavy atom. The minimum Gasteiger partial charge on any atom is -0.394 e. The van der Waals surface area contributed by atoms with Crippen molar-refractivity contribution in [2.45, 2.75) is 51.5 Å². The Bertz CT molecular complexity index is 1630. The number of hydrogen-bond acceptors (Lipinski definition) is 8. The van der Waals surface area contributed by atoms with Crippen LogP contribution in [0.4, 0.5) is 17.3 Å². The highest BCUT2D eigenvalue weighted by molar-refractivity contribution is 5.96. The van der Waals surface area contributed by atoms with Crippen LogP contribution in [0, 0.1) is 0 Å². The number of nitrogens with one attached hydrogen (secondary N) is 3. The molecule has 1 aliphatic heterocycles. The number of rotatable bonds is 6. The summed E-state index contributed by atoms with van der Waals surface area (Å²) in [6.45, 7) is 3.25. The quantitative estimate of drug-likeness (QED) is 0.231. The average molecular weight is 517 g/mol. The van der Waals surface area contributed by atoms with E-state index in [9.17, 15) is 19.8 Å². The van der Waals surface area contributed by atoms with Crippen LogP contribution in [0.1, 0.15) is 43.2 Å². The van der Waals surface area contributed by atoms with Gasteiger partial charge in [-0.05, 0) is 52.8 Å². The van der Waals surface area contributed by atoms with E-state index in [-0.39, 0.29) is 36.0 Å². The number of hydrogen-bond donors (Lipinski definition) is 5. The van der Waals surface area contributed by atoms with Crippen LogP contribution < -0.4 is 16.2 Å². The van der Waals surface area contributed by atoms with Gasteiger partial charge < -0.3 is 25.6 Å². The summed E-state index contributed by atoms with van der Waals surface area (Å²) in [7, 11) is 0. The second kappa shape index (κ2) is 9.35. The molecule has 0 bridgehead atoms. The zero-order valence-corrected chi connectivity index (χ0v) is 21.0. The van der Waals surface area contributed by atoms with Gasteiger partial charge in [-0.15, -0.1) is 0 Å². The van der Waals surface area contributed by atoms with Crippen molar-refractivity contribution < 1.29 is 19.7 Å². The molecule has 1 amide bonds. The van der Waals surface area contributed by atoms with Crippen molar-refractivity contribution >= 4 is 34.4 Å². The third-order valence-corrected chi connectivity index (χ3v) is 7.18. The predicted octanol–water partition coefficient (Wildman–Crippen LogP) is 2.60. The molecule has 1 saturated heterocycles. The van der Waals surface area contributed by atoms with Crippen molar-refractivity contribution in [1.82, 2.24) is 19.5 Å². The summed E-state index contributed by atoms with van der Waals surface area (Å²) in [6, 6.07) is 10.4. The van der Waals surface area contributed by atoms with E-state index in [0.717, 1.165) is 29.5 Å². The summed E-state index contributed by atoms with van der Waals surface area (Å²) in [5.74, 6) is -0.0604. The zero-order valence-electron chi connectivity index (χ0n) is 21.0. The first-order chi connectivity index (χ1) is 18.3. The van der Waals surface area contributed by atoms with Crippen LogP contribution in [0.2, 0.25) is 0 Å². The van der Waals surface area contributed by atoms with Gasteiger partial charge in [0.1, 0.15) is 12.3 Å². The first kappa shape index (κ1) is 24.3. The highest BCUT2D eigenvalue weighted by atomic mass is 16.5. The van der Waals surface area contributed by atoms with E-state index in [2.05, 4.69) is 50.7 Å². The summed E-state index contributed by atoms with van der Waals surface area (Å²) >= 11 is 0. The number of aromatic amines is 1. The van der Waals surface area contributed by atoms with Crippen molar-refractivity contribution in [3.63, 3.8) is 0 Å². The summed E-state index contributed by atoms with van der Waals surface area (Å²) < 4.78 is 7.32. The highest BCUT2D eigenvalue weighted by Gasteiger charge is 2.35. The lowest BCUT2D eigenvalue weighted by atomic mass is 10.0. The molecule has 0 radical (unpaired) electrons. The second-order valence-corrected chi connectivity index (χ2v) is 9.74. The molecule has 38 heavy (non-hydrogen) atoms. The van der Waals surface area contributed by atoms with Gasteiger partial charge in [-0.3, -0.25) is 19.1 Å². The molecule has 0 unspecified atom stereocenters. The summed E-state index contributed by atoms with van der Waals surface area (Å²) in [6.07, 6.45) is 1.20. The number of benzene rings is 2. The van der Waals surface area contributed by atoms with Crippen molar-refractivity contribution in [2.75, 3.05) is 17.2 Å². The fourth-order valence-electron chi connectivity index (χ4n) is 5.29. The predicted molar refractivity (Wildman–Crippen MR) is 141 cm³/mol. The number of aryl methyl sites for hydroxylation is 1. The standard InChI is InChI=1S/C27H28N6O5/c1-3-14-4-5-17-15(6-14)7-16-8-19(29-13(2)35)20(9-18(16)17)30-27-31-25-24(26(37)32-27)28-12-33(25)23-10-21(36)22(11-34)38-23/h4-6,8-9,12,21-23,34,36H,3,7,10-11H2,1-2H3,(H,29,35)(H2,30,31,32,37)/t21-,22+,23+/m0/s1. The molecule has 0 saturated carbocycles. The molecular formula is C27H28N6O5. The van der Waals surface area contributed by atoms with Gasteiger partial charge in [0, 0.05) is 13.3 Å². The maximum Gasteiger partial charge on any atom is 0.280 e. The Balaban J connectivity index is 1.40. The monoisotopic (exact) mass is 516 g/mol. The van der Waals surface area contributed by atoms with E-state index in [1.165, 1.54) is 24.4 Å². The topological polar surface area (TPSA) is 154 Å². The molecule has 2 aromatic carbocycles. The maximum atomic E-state index is 12.9. The first-order valence-electron chi connectivity index (χ1n) is 12.6. The average Bonchev–Trinajstić information content (AvgIpc) is 3.58. The molecule has 196 valence electrons. The molecule has 3 heterocycles. The van der Waals surface area contributed by atoms with Gasteiger partial charge in [0.25, 0.3) is 5.56 Å². The number of aliphatic hydroxyl groups is 2. The van der Waals surface area contributed by atoms with Crippen LogP contribution in [0.15, 0.2) is 41.5 Å². The third kappa shape index (κ3) is 4.14. The fraction of sp³-hybridized carbons (Fsp3) is 0.333. The van der Waals surface area contributed by atoms with Gasteiger partial charge >= 0.3 is 0 Å². The number of H-pyrrole nitrogens is 1. The zero-order chi connectivity index (χ0) is 26.6. The van der Waals surface area contributed by atoms with E-state index in [1.807, 2.05) is 12.1 Å². The molecule has 0 spiro atoms. The number of amides is 1. The van der Waals surface area contributed by atoms with E-state index in [4.69, 9.17) is 4.74 Å². The lowest BCUT2D eigenvalue weighted by molar-refractivity contribution is -0.114. The molecule has 2 aromatic heterocycles. The number of carbonyl (C=O) groups is 1. The van der Waals surface area contributed by atoms with Gasteiger partial charge in [-0.2, -0.15) is 4.98 Å². The Kier molecular flexibility index (Phi) is 5.98. The third-order valence-electron chi connectivity index (χ3n) is 7.18. The van der Waals surface area contributed by atoms with Crippen molar-refractivity contribution in [1.29, 1.82) is 0 Å². The molecule has 4 aromatic rings. The molecule has 3 atom stereocenters. The van der Waals surface area contributed by atoms with Crippen LogP contribution in [-0.4, -0.2) is 54.5 Å². The molecule has 2 aliphatic rings. The Morgan fingerprint density at radius 1 is 1.21 bits per heavy atom. The van der Waals surface area contributed by atoms with E-state index in [0.29, 0.717) is 11.4 Å². The smallest absolute Gasteiger partial charge is 0.280 e. The van der Waals surface area contributed by atoms with Crippen LogP contribution in [-0.2, 0) is 22.4 Å². The van der Waals surface area contributed by atoms with Crippen molar-refractivity contribution in [2.24, 2.45) is 0 Å². The minimum atomic E-state index is -0.843. The number of carbonyl (C=O) groups excluding carboxylic acids is 1. The molecule has 5 N–H and O–H groups in total. The molecule has 11 nitrogen and oxygen atoms in total. The van der Waals surface area contributed by atoms with Gasteiger partial charge in [-0.25, -0.2) is 4.98 Å². The maximum absolute atomic E-state index is 12.9. The first-order valence-corrected chi connectivity index (χ1v) is 12.6. The van der Waals surface area contributed by atoms with Crippen LogP contribution >= 0.6 is 0 Å². The molecule has 6 rings (SSSR count). The number of ether oxygens (including phenoxy) is 1. The summed E-state index contributed by atoms with van der Waals surface area (Å²) in [5.41, 5.74) is 6.90. The largest absolute Gasteiger partial charge is 0.394 e. The Labute approximate surface area is 217 Å². The summed E-state index contributed by atoms with van der Waals surface area (Å²) in [5, 5.41) is 25.7. The van der Waals surface area contributed by atoms with Crippen molar-refractivity contribution in [3.05, 3.63) is 63.7 Å². The Hall–Kier alpha value is -4.06. The van der Waals surface area contributed by atoms with Crippen LogP contribution in [0.25, 0.3) is 22.3 Å². The van der Waals surface area contributed by atoms with E-state index in [1.54, 1.807) is 4.57 Å². The number of nitrogens with zero attached hydrogens (tertiary/aromatic N) is 3. The van der Waals surface area contributed by atoms with Gasteiger partial charge in [0.15, 0.2) is 11.2 Å². The molecule has 1 aliphatic carbocycles. The van der Waals surface area contributed by atoms with Crippen LogP contribution in [0.5, 0.6) is 0 Å². The Morgan fingerprint density at radius 3 is 2.76 bits per heavy atom. The lowest BCUT2D eigenvalue weighted by Crippen LogP contribution is -2.24. The minimum absolute atomic E-state index is 0.123. The van der Waals surface area contributed by atoms with Crippen molar-refractivity contribution in [3.8, 4) is 11.1 Å². The van der Waals surface area contributed by atoms with Gasteiger partial charge in [-0.1, -0.05) is 25.1 Å². The number of anilines is 3. The number of aromatic nitrogens is 4. The molecular weight excluding hydrogens is 488 g/mol. The SMILES string of the molecule is CCc1ccc2c(c1)Cc1cc(NC(C)=O)c(Nc3nc4c(ncn4[C@H]4C[C@H](O)[C@@H](CO)O4)c(=O)[nH]3)cc1-2.